The van der Waals surface area contributed by atoms with Gasteiger partial charge < -0.3 is 11.1 Å². The predicted octanol–water partition coefficient (Wildman–Crippen LogP) is 2.26. The number of thiophene rings is 1. The zero-order valence-corrected chi connectivity index (χ0v) is 16.6. The molecule has 0 spiro atoms. The van der Waals surface area contributed by atoms with Crippen LogP contribution in [0, 0.1) is 12.3 Å². The molecule has 3 rings (SSSR count). The van der Waals surface area contributed by atoms with Crippen molar-refractivity contribution in [2.45, 2.75) is 23.5 Å². The molecule has 2 heterocycles. The number of terminal acetylenes is 1. The first kappa shape index (κ1) is 20.1. The molecule has 1 fully saturated rings. The van der Waals surface area contributed by atoms with Gasteiger partial charge in [0.2, 0.25) is 0 Å². The monoisotopic (exact) mass is 417 g/mol. The lowest BCUT2D eigenvalue weighted by atomic mass is 10.1. The molecule has 2 aromatic rings. The van der Waals surface area contributed by atoms with Gasteiger partial charge in [-0.15, -0.1) is 17.8 Å². The number of amides is 2. The lowest BCUT2D eigenvalue weighted by molar-refractivity contribution is 0.100. The molecule has 1 saturated heterocycles. The van der Waals surface area contributed by atoms with Gasteiger partial charge in [-0.25, -0.2) is 8.42 Å². The second-order valence-electron chi connectivity index (χ2n) is 6.28. The number of primary amides is 1. The third-order valence-corrected chi connectivity index (χ3v) is 7.84. The number of nitrogens with one attached hydrogen (secondary N) is 1. The SMILES string of the molecule is C#Cc1ccccc1C(=O)Nc1sc(S(=O)(=O)N2CCCCC2)cc1C(N)=O. The topological polar surface area (TPSA) is 110 Å². The highest BCUT2D eigenvalue weighted by atomic mass is 32.2. The molecule has 7 nitrogen and oxygen atoms in total. The zero-order chi connectivity index (χ0) is 20.3. The number of rotatable bonds is 5. The maximum Gasteiger partial charge on any atom is 0.257 e. The van der Waals surface area contributed by atoms with Crippen molar-refractivity contribution in [3.8, 4) is 12.3 Å². The summed E-state index contributed by atoms with van der Waals surface area (Å²) >= 11 is 0.811. The van der Waals surface area contributed by atoms with Crippen molar-refractivity contribution in [2.75, 3.05) is 18.4 Å². The molecule has 0 bridgehead atoms. The Morgan fingerprint density at radius 3 is 2.46 bits per heavy atom. The number of benzene rings is 1. The van der Waals surface area contributed by atoms with Gasteiger partial charge in [0, 0.05) is 18.7 Å². The second-order valence-corrected chi connectivity index (χ2v) is 9.50. The summed E-state index contributed by atoms with van der Waals surface area (Å²) in [5.74, 6) is 1.06. The maximum absolute atomic E-state index is 12.9. The van der Waals surface area contributed by atoms with Gasteiger partial charge in [-0.05, 0) is 31.0 Å². The molecular formula is C19H19N3O4S2. The number of piperidine rings is 1. The van der Waals surface area contributed by atoms with Crippen LogP contribution in [-0.2, 0) is 10.0 Å². The number of sulfonamides is 1. The van der Waals surface area contributed by atoms with Crippen molar-refractivity contribution in [1.82, 2.24) is 4.31 Å². The van der Waals surface area contributed by atoms with Crippen LogP contribution in [0.4, 0.5) is 5.00 Å². The van der Waals surface area contributed by atoms with Gasteiger partial charge in [-0.3, -0.25) is 9.59 Å². The lowest BCUT2D eigenvalue weighted by Gasteiger charge is -2.25. The fourth-order valence-electron chi connectivity index (χ4n) is 2.98. The smallest absolute Gasteiger partial charge is 0.257 e. The second kappa shape index (κ2) is 8.14. The summed E-state index contributed by atoms with van der Waals surface area (Å²) in [5.41, 5.74) is 5.98. The Kier molecular flexibility index (Phi) is 5.84. The highest BCUT2D eigenvalue weighted by Gasteiger charge is 2.30. The summed E-state index contributed by atoms with van der Waals surface area (Å²) in [7, 11) is -3.75. The Bertz CT molecular complexity index is 1060. The largest absolute Gasteiger partial charge is 0.366 e. The molecule has 1 aliphatic rings. The highest BCUT2D eigenvalue weighted by molar-refractivity contribution is 7.91. The van der Waals surface area contributed by atoms with Crippen LogP contribution in [0.15, 0.2) is 34.5 Å². The molecule has 1 aromatic heterocycles. The molecule has 146 valence electrons. The van der Waals surface area contributed by atoms with Crippen LogP contribution < -0.4 is 11.1 Å². The number of hydrogen-bond donors (Lipinski definition) is 2. The normalized spacial score (nSPS) is 15.0. The Balaban J connectivity index is 1.94. The summed E-state index contributed by atoms with van der Waals surface area (Å²) in [5, 5.41) is 2.66. The summed E-state index contributed by atoms with van der Waals surface area (Å²) in [4.78, 5) is 24.4. The van der Waals surface area contributed by atoms with Gasteiger partial charge in [0.25, 0.3) is 21.8 Å². The van der Waals surface area contributed by atoms with Crippen LogP contribution in [-0.4, -0.2) is 37.6 Å². The number of carbonyl (C=O) groups excluding carboxylic acids is 2. The van der Waals surface area contributed by atoms with E-state index >= 15 is 0 Å². The van der Waals surface area contributed by atoms with Gasteiger partial charge >= 0.3 is 0 Å². The minimum atomic E-state index is -3.75. The Morgan fingerprint density at radius 1 is 1.14 bits per heavy atom. The molecular weight excluding hydrogens is 398 g/mol. The molecule has 28 heavy (non-hydrogen) atoms. The van der Waals surface area contributed by atoms with E-state index in [1.54, 1.807) is 24.3 Å². The number of hydrogen-bond acceptors (Lipinski definition) is 5. The maximum atomic E-state index is 12.9. The zero-order valence-electron chi connectivity index (χ0n) is 15.0. The van der Waals surface area contributed by atoms with Gasteiger partial charge in [0.1, 0.15) is 9.21 Å². The van der Waals surface area contributed by atoms with E-state index in [0.717, 1.165) is 30.6 Å². The summed E-state index contributed by atoms with van der Waals surface area (Å²) < 4.78 is 27.1. The fraction of sp³-hybridized carbons (Fsp3) is 0.263. The van der Waals surface area contributed by atoms with E-state index in [-0.39, 0.29) is 20.3 Å². The number of nitrogens with zero attached hydrogens (tertiary/aromatic N) is 1. The molecule has 1 aromatic carbocycles. The van der Waals surface area contributed by atoms with Crippen molar-refractivity contribution < 1.29 is 18.0 Å². The van der Waals surface area contributed by atoms with Gasteiger partial charge in [0.15, 0.2) is 0 Å². The Morgan fingerprint density at radius 2 is 1.82 bits per heavy atom. The Hall–Kier alpha value is -2.67. The first-order chi connectivity index (χ1) is 13.3. The molecule has 0 saturated carbocycles. The molecule has 0 aliphatic carbocycles. The number of anilines is 1. The van der Waals surface area contributed by atoms with Crippen LogP contribution >= 0.6 is 11.3 Å². The van der Waals surface area contributed by atoms with Gasteiger partial charge in [0.05, 0.1) is 11.1 Å². The van der Waals surface area contributed by atoms with Crippen LogP contribution in [0.1, 0.15) is 45.5 Å². The van der Waals surface area contributed by atoms with Crippen LogP contribution in [0.5, 0.6) is 0 Å². The van der Waals surface area contributed by atoms with Crippen molar-refractivity contribution in [1.29, 1.82) is 0 Å². The lowest BCUT2D eigenvalue weighted by Crippen LogP contribution is -2.35. The van der Waals surface area contributed by atoms with Crippen LogP contribution in [0.2, 0.25) is 0 Å². The summed E-state index contributed by atoms with van der Waals surface area (Å²) in [6.07, 6.45) is 7.99. The fourth-order valence-corrected chi connectivity index (χ4v) is 6.02. The first-order valence-electron chi connectivity index (χ1n) is 8.65. The van der Waals surface area contributed by atoms with Crippen molar-refractivity contribution >= 4 is 38.2 Å². The van der Waals surface area contributed by atoms with E-state index in [9.17, 15) is 18.0 Å². The van der Waals surface area contributed by atoms with Crippen LogP contribution in [0.25, 0.3) is 0 Å². The van der Waals surface area contributed by atoms with E-state index < -0.39 is 21.8 Å². The van der Waals surface area contributed by atoms with Crippen molar-refractivity contribution in [3.05, 3.63) is 47.0 Å². The summed E-state index contributed by atoms with van der Waals surface area (Å²) in [6.45, 7) is 0.868. The highest BCUT2D eigenvalue weighted by Crippen LogP contribution is 2.34. The molecule has 1 aliphatic heterocycles. The van der Waals surface area contributed by atoms with E-state index in [2.05, 4.69) is 11.2 Å². The average Bonchev–Trinajstić information content (AvgIpc) is 3.13. The van der Waals surface area contributed by atoms with E-state index in [4.69, 9.17) is 12.2 Å². The molecule has 0 atom stereocenters. The van der Waals surface area contributed by atoms with E-state index in [1.165, 1.54) is 10.4 Å². The van der Waals surface area contributed by atoms with Crippen molar-refractivity contribution in [3.63, 3.8) is 0 Å². The Labute approximate surface area is 167 Å². The average molecular weight is 418 g/mol. The molecule has 0 radical (unpaired) electrons. The molecule has 0 unspecified atom stereocenters. The van der Waals surface area contributed by atoms with Gasteiger partial charge in [-0.2, -0.15) is 4.31 Å². The minimum absolute atomic E-state index is 0.0243. The van der Waals surface area contributed by atoms with Gasteiger partial charge in [-0.1, -0.05) is 24.5 Å². The quantitative estimate of drug-likeness (QED) is 0.727. The van der Waals surface area contributed by atoms with Crippen molar-refractivity contribution in [2.24, 2.45) is 5.73 Å². The number of nitrogens with two attached hydrogens (primary N) is 1. The first-order valence-corrected chi connectivity index (χ1v) is 10.9. The van der Waals surface area contributed by atoms with E-state index in [0.29, 0.717) is 18.7 Å². The number of carbonyl (C=O) groups is 2. The third-order valence-electron chi connectivity index (χ3n) is 4.44. The van der Waals surface area contributed by atoms with E-state index in [1.807, 2.05) is 0 Å². The summed E-state index contributed by atoms with van der Waals surface area (Å²) in [6, 6.07) is 7.75. The molecule has 3 N–H and O–H groups in total. The minimum Gasteiger partial charge on any atom is -0.366 e. The third kappa shape index (κ3) is 3.94. The van der Waals surface area contributed by atoms with Crippen LogP contribution in [0.3, 0.4) is 0 Å². The standard InChI is InChI=1S/C19H19N3O4S2/c1-2-13-8-4-5-9-14(13)18(24)21-19-15(17(20)23)12-16(27-19)28(25,26)22-10-6-3-7-11-22/h1,4-5,8-9,12H,3,6-7,10-11H2,(H2,20,23)(H,21,24). The predicted molar refractivity (Wildman–Crippen MR) is 108 cm³/mol. The molecule has 2 amide bonds. The molecule has 9 heteroatoms.